The maximum atomic E-state index is 12.1. The van der Waals surface area contributed by atoms with Gasteiger partial charge >= 0.3 is 6.03 Å². The standard InChI is InChI=1S/C19H20N4O2S/c1-3-12-25-16-10-6-14(7-11-16)17-22-23-19(26-17)21-18(24)20-15-8-4-13(2)5-9-15/h4-11H,3,12H2,1-2H3,(H2,20,21,23,24). The van der Waals surface area contributed by atoms with Crippen molar-refractivity contribution in [3.8, 4) is 16.3 Å². The maximum absolute atomic E-state index is 12.1. The number of nitrogens with zero attached hydrogens (tertiary/aromatic N) is 2. The van der Waals surface area contributed by atoms with Crippen molar-refractivity contribution < 1.29 is 9.53 Å². The largest absolute Gasteiger partial charge is 0.494 e. The summed E-state index contributed by atoms with van der Waals surface area (Å²) in [7, 11) is 0. The molecular weight excluding hydrogens is 348 g/mol. The van der Waals surface area contributed by atoms with E-state index in [0.29, 0.717) is 11.7 Å². The lowest BCUT2D eigenvalue weighted by molar-refractivity contribution is 0.262. The smallest absolute Gasteiger partial charge is 0.325 e. The quantitative estimate of drug-likeness (QED) is 0.646. The number of aromatic nitrogens is 2. The lowest BCUT2D eigenvalue weighted by atomic mass is 10.2. The van der Waals surface area contributed by atoms with Crippen LogP contribution in [-0.2, 0) is 0 Å². The highest BCUT2D eigenvalue weighted by Crippen LogP contribution is 2.28. The number of urea groups is 1. The second-order valence-electron chi connectivity index (χ2n) is 5.73. The van der Waals surface area contributed by atoms with Crippen LogP contribution in [0.15, 0.2) is 48.5 Å². The molecule has 0 spiro atoms. The van der Waals surface area contributed by atoms with E-state index in [1.54, 1.807) is 0 Å². The fourth-order valence-electron chi connectivity index (χ4n) is 2.20. The summed E-state index contributed by atoms with van der Waals surface area (Å²) in [6.45, 7) is 4.76. The van der Waals surface area contributed by atoms with Crippen LogP contribution in [0.1, 0.15) is 18.9 Å². The van der Waals surface area contributed by atoms with Gasteiger partial charge in [0, 0.05) is 11.3 Å². The average molecular weight is 368 g/mol. The minimum absolute atomic E-state index is 0.347. The SMILES string of the molecule is CCCOc1ccc(-c2nnc(NC(=O)Nc3ccc(C)cc3)s2)cc1. The number of rotatable bonds is 6. The van der Waals surface area contributed by atoms with Crippen molar-refractivity contribution in [3.63, 3.8) is 0 Å². The topological polar surface area (TPSA) is 76.1 Å². The predicted molar refractivity (Wildman–Crippen MR) is 105 cm³/mol. The zero-order valence-corrected chi connectivity index (χ0v) is 15.5. The monoisotopic (exact) mass is 368 g/mol. The molecule has 0 aliphatic carbocycles. The first-order chi connectivity index (χ1) is 12.6. The van der Waals surface area contributed by atoms with Crippen molar-refractivity contribution in [3.05, 3.63) is 54.1 Å². The van der Waals surface area contributed by atoms with Gasteiger partial charge in [0.1, 0.15) is 10.8 Å². The fourth-order valence-corrected chi connectivity index (χ4v) is 2.94. The van der Waals surface area contributed by atoms with Crippen LogP contribution in [-0.4, -0.2) is 22.8 Å². The molecule has 3 aromatic rings. The molecule has 0 unspecified atom stereocenters. The van der Waals surface area contributed by atoms with Crippen molar-refractivity contribution in [2.45, 2.75) is 20.3 Å². The molecule has 6 nitrogen and oxygen atoms in total. The molecule has 2 N–H and O–H groups in total. The summed E-state index contributed by atoms with van der Waals surface area (Å²) in [5.41, 5.74) is 2.79. The highest BCUT2D eigenvalue weighted by molar-refractivity contribution is 7.18. The van der Waals surface area contributed by atoms with Gasteiger partial charge in [-0.2, -0.15) is 0 Å². The van der Waals surface area contributed by atoms with Gasteiger partial charge in [-0.25, -0.2) is 4.79 Å². The number of carbonyl (C=O) groups is 1. The third-order valence-corrected chi connectivity index (χ3v) is 4.42. The summed E-state index contributed by atoms with van der Waals surface area (Å²) < 4.78 is 5.57. The van der Waals surface area contributed by atoms with Crippen LogP contribution in [0.3, 0.4) is 0 Å². The van der Waals surface area contributed by atoms with Gasteiger partial charge in [0.15, 0.2) is 0 Å². The van der Waals surface area contributed by atoms with Gasteiger partial charge in [0.05, 0.1) is 6.61 Å². The first-order valence-electron chi connectivity index (χ1n) is 8.35. The summed E-state index contributed by atoms with van der Waals surface area (Å²) in [6, 6.07) is 14.9. The second-order valence-corrected chi connectivity index (χ2v) is 6.71. The molecule has 2 aromatic carbocycles. The van der Waals surface area contributed by atoms with Crippen molar-refractivity contribution >= 4 is 28.2 Å². The Morgan fingerprint density at radius 3 is 2.46 bits per heavy atom. The van der Waals surface area contributed by atoms with E-state index >= 15 is 0 Å². The normalized spacial score (nSPS) is 10.4. The Bertz CT molecular complexity index is 860. The number of carbonyl (C=O) groups excluding carboxylic acids is 1. The third kappa shape index (κ3) is 4.80. The first-order valence-corrected chi connectivity index (χ1v) is 9.17. The van der Waals surface area contributed by atoms with Crippen molar-refractivity contribution in [2.24, 2.45) is 0 Å². The molecule has 0 saturated heterocycles. The zero-order valence-electron chi connectivity index (χ0n) is 14.7. The van der Waals surface area contributed by atoms with Crippen LogP contribution in [0.2, 0.25) is 0 Å². The Balaban J connectivity index is 1.60. The minimum atomic E-state index is -0.347. The number of anilines is 2. The molecular formula is C19H20N4O2S. The van der Waals surface area contributed by atoms with E-state index in [1.807, 2.05) is 55.5 Å². The van der Waals surface area contributed by atoms with Crippen LogP contribution < -0.4 is 15.4 Å². The Hall–Kier alpha value is -2.93. The molecule has 3 rings (SSSR count). The summed E-state index contributed by atoms with van der Waals surface area (Å²) in [5, 5.41) is 14.8. The summed E-state index contributed by atoms with van der Waals surface area (Å²) in [5.74, 6) is 0.830. The molecule has 1 aromatic heterocycles. The van der Waals surface area contributed by atoms with E-state index in [1.165, 1.54) is 11.3 Å². The van der Waals surface area contributed by atoms with E-state index in [-0.39, 0.29) is 6.03 Å². The Kier molecular flexibility index (Phi) is 5.80. The fraction of sp³-hybridized carbons (Fsp3) is 0.211. The van der Waals surface area contributed by atoms with Gasteiger partial charge in [0.25, 0.3) is 0 Å². The lowest BCUT2D eigenvalue weighted by Gasteiger charge is -2.05. The molecule has 0 aliphatic rings. The molecule has 1 heterocycles. The minimum Gasteiger partial charge on any atom is -0.494 e. The summed E-state index contributed by atoms with van der Waals surface area (Å²) >= 11 is 1.32. The van der Waals surface area contributed by atoms with E-state index in [2.05, 4.69) is 27.8 Å². The third-order valence-electron chi connectivity index (χ3n) is 3.53. The zero-order chi connectivity index (χ0) is 18.4. The number of amides is 2. The predicted octanol–water partition coefficient (Wildman–Crippen LogP) is 4.95. The molecule has 2 amide bonds. The molecule has 7 heteroatoms. The van der Waals surface area contributed by atoms with Crippen LogP contribution in [0.5, 0.6) is 5.75 Å². The lowest BCUT2D eigenvalue weighted by Crippen LogP contribution is -2.19. The van der Waals surface area contributed by atoms with Gasteiger partial charge in [-0.1, -0.05) is 36.0 Å². The van der Waals surface area contributed by atoms with Gasteiger partial charge in [-0.3, -0.25) is 5.32 Å². The number of hydrogen-bond acceptors (Lipinski definition) is 5. The summed E-state index contributed by atoms with van der Waals surface area (Å²) in [4.78, 5) is 12.1. The summed E-state index contributed by atoms with van der Waals surface area (Å²) in [6.07, 6.45) is 0.970. The molecule has 0 radical (unpaired) electrons. The highest BCUT2D eigenvalue weighted by atomic mass is 32.1. The van der Waals surface area contributed by atoms with Crippen LogP contribution in [0.4, 0.5) is 15.6 Å². The highest BCUT2D eigenvalue weighted by Gasteiger charge is 2.10. The maximum Gasteiger partial charge on any atom is 0.325 e. The van der Waals surface area contributed by atoms with Crippen molar-refractivity contribution in [1.29, 1.82) is 0 Å². The number of aryl methyl sites for hydroxylation is 1. The van der Waals surface area contributed by atoms with Crippen molar-refractivity contribution in [1.82, 2.24) is 10.2 Å². The van der Waals surface area contributed by atoms with E-state index in [4.69, 9.17) is 4.74 Å². The number of benzene rings is 2. The molecule has 0 saturated carbocycles. The molecule has 0 fully saturated rings. The van der Waals surface area contributed by atoms with Crippen LogP contribution >= 0.6 is 11.3 Å². The van der Waals surface area contributed by atoms with E-state index in [0.717, 1.165) is 34.0 Å². The number of ether oxygens (including phenoxy) is 1. The van der Waals surface area contributed by atoms with Gasteiger partial charge in [-0.05, 0) is 49.7 Å². The Morgan fingerprint density at radius 1 is 1.04 bits per heavy atom. The molecule has 0 bridgehead atoms. The van der Waals surface area contributed by atoms with Crippen LogP contribution in [0.25, 0.3) is 10.6 Å². The second kappa shape index (κ2) is 8.44. The molecule has 0 aliphatic heterocycles. The number of nitrogens with one attached hydrogen (secondary N) is 2. The average Bonchev–Trinajstić information content (AvgIpc) is 3.10. The van der Waals surface area contributed by atoms with Gasteiger partial charge < -0.3 is 10.1 Å². The Morgan fingerprint density at radius 2 is 1.77 bits per heavy atom. The van der Waals surface area contributed by atoms with Crippen LogP contribution in [0, 0.1) is 6.92 Å². The van der Waals surface area contributed by atoms with Gasteiger partial charge in [-0.15, -0.1) is 10.2 Å². The molecule has 0 atom stereocenters. The molecule has 134 valence electrons. The van der Waals surface area contributed by atoms with Gasteiger partial charge in [0.2, 0.25) is 5.13 Å². The first kappa shape index (κ1) is 17.9. The van der Waals surface area contributed by atoms with E-state index < -0.39 is 0 Å². The Labute approximate surface area is 156 Å². The molecule has 26 heavy (non-hydrogen) atoms. The van der Waals surface area contributed by atoms with E-state index in [9.17, 15) is 4.79 Å². The number of hydrogen-bond donors (Lipinski definition) is 2. The van der Waals surface area contributed by atoms with Crippen molar-refractivity contribution in [2.75, 3.05) is 17.2 Å².